The van der Waals surface area contributed by atoms with Gasteiger partial charge in [-0.05, 0) is 48.0 Å². The number of rotatable bonds is 2. The van der Waals surface area contributed by atoms with Gasteiger partial charge in [-0.2, -0.15) is 9.61 Å². The van der Waals surface area contributed by atoms with Crippen LogP contribution in [-0.4, -0.2) is 37.9 Å². The molecule has 3 aliphatic rings. The van der Waals surface area contributed by atoms with Crippen LogP contribution in [0.25, 0.3) is 5.65 Å². The molecule has 0 bridgehead atoms. The highest BCUT2D eigenvalue weighted by Crippen LogP contribution is 2.51. The first-order valence-corrected chi connectivity index (χ1v) is 10.1. The summed E-state index contributed by atoms with van der Waals surface area (Å²) >= 11 is 3.59. The van der Waals surface area contributed by atoms with Crippen LogP contribution < -0.4 is 11.1 Å². The highest BCUT2D eigenvalue weighted by molar-refractivity contribution is 9.10. The molecule has 2 fully saturated rings. The predicted octanol–water partition coefficient (Wildman–Crippen LogP) is 2.51. The highest BCUT2D eigenvalue weighted by atomic mass is 79.9. The number of nitrogens with one attached hydrogen (secondary N) is 1. The minimum absolute atomic E-state index is 0.163. The largest absolute Gasteiger partial charge is 0.392 e. The number of aromatic nitrogens is 3. The van der Waals surface area contributed by atoms with E-state index in [2.05, 4.69) is 26.3 Å². The molecule has 0 aliphatic heterocycles. The van der Waals surface area contributed by atoms with Gasteiger partial charge in [-0.25, -0.2) is 4.98 Å². The molecule has 2 heterocycles. The lowest BCUT2D eigenvalue weighted by Gasteiger charge is -2.27. The summed E-state index contributed by atoms with van der Waals surface area (Å²) in [5.74, 6) is 1.01. The summed E-state index contributed by atoms with van der Waals surface area (Å²) in [4.78, 5) is 4.98. The number of fused-ring (bicyclic) bond motifs is 3. The number of nitrogens with zero attached hydrogens (tertiary/aromatic N) is 3. The Balaban J connectivity index is 1.67. The lowest BCUT2D eigenvalue weighted by molar-refractivity contribution is 0.0968. The SMILES string of the molecule is N[C@H]1CC[C@H](Nc2c3c(nc4c(Br)cnn24)C2(CCCC2)C(O)C3)C1. The molecule has 5 rings (SSSR count). The Morgan fingerprint density at radius 3 is 2.84 bits per heavy atom. The Bertz CT molecular complexity index is 828. The standard InChI is InChI=1S/C18H24BrN5O/c19-13-9-21-24-16(22-11-4-3-10(20)7-11)12-8-14(25)18(5-1-2-6-18)15(12)23-17(13)24/h9-11,14,22,25H,1-8,20H2/t10-,11-,14?/m0/s1. The zero-order chi connectivity index (χ0) is 17.2. The number of aliphatic hydroxyl groups is 1. The van der Waals surface area contributed by atoms with Crippen molar-refractivity contribution in [2.45, 2.75) is 75.0 Å². The molecule has 2 saturated carbocycles. The van der Waals surface area contributed by atoms with Crippen molar-refractivity contribution in [3.8, 4) is 0 Å². The summed E-state index contributed by atoms with van der Waals surface area (Å²) < 4.78 is 2.80. The summed E-state index contributed by atoms with van der Waals surface area (Å²) in [6, 6.07) is 0.643. The monoisotopic (exact) mass is 405 g/mol. The number of halogens is 1. The molecule has 4 N–H and O–H groups in total. The molecule has 1 spiro atoms. The average Bonchev–Trinajstić information content (AvgIpc) is 3.34. The van der Waals surface area contributed by atoms with Crippen LogP contribution in [0.4, 0.5) is 5.82 Å². The molecule has 0 aromatic carbocycles. The average molecular weight is 406 g/mol. The number of nitrogens with two attached hydrogens (primary N) is 1. The Kier molecular flexibility index (Phi) is 3.63. The fourth-order valence-electron chi connectivity index (χ4n) is 5.22. The second-order valence-electron chi connectivity index (χ2n) is 8.01. The third kappa shape index (κ3) is 2.28. The normalized spacial score (nSPS) is 30.4. The minimum Gasteiger partial charge on any atom is -0.392 e. The second kappa shape index (κ2) is 5.66. The van der Waals surface area contributed by atoms with Crippen molar-refractivity contribution >= 4 is 27.4 Å². The van der Waals surface area contributed by atoms with Crippen LogP contribution in [0.2, 0.25) is 0 Å². The van der Waals surface area contributed by atoms with Crippen molar-refractivity contribution in [3.63, 3.8) is 0 Å². The van der Waals surface area contributed by atoms with Gasteiger partial charge < -0.3 is 16.2 Å². The molecule has 6 nitrogen and oxygen atoms in total. The molecule has 7 heteroatoms. The topological polar surface area (TPSA) is 88.5 Å². The summed E-state index contributed by atoms with van der Waals surface area (Å²) in [7, 11) is 0. The Hall–Kier alpha value is -1.18. The summed E-state index contributed by atoms with van der Waals surface area (Å²) in [5.41, 5.74) is 9.02. The molecular formula is C18H24BrN5O. The number of anilines is 1. The van der Waals surface area contributed by atoms with Crippen molar-refractivity contribution in [2.75, 3.05) is 5.32 Å². The van der Waals surface area contributed by atoms with Gasteiger partial charge in [-0.15, -0.1) is 0 Å². The van der Waals surface area contributed by atoms with Gasteiger partial charge in [0.25, 0.3) is 0 Å². The smallest absolute Gasteiger partial charge is 0.171 e. The Labute approximate surface area is 155 Å². The molecule has 3 atom stereocenters. The minimum atomic E-state index is -0.338. The van der Waals surface area contributed by atoms with Crippen LogP contribution in [0.3, 0.4) is 0 Å². The van der Waals surface area contributed by atoms with E-state index in [1.165, 1.54) is 12.8 Å². The van der Waals surface area contributed by atoms with E-state index in [0.717, 1.165) is 59.3 Å². The van der Waals surface area contributed by atoms with E-state index in [1.807, 2.05) is 4.52 Å². The first-order chi connectivity index (χ1) is 12.1. The predicted molar refractivity (Wildman–Crippen MR) is 99.8 cm³/mol. The van der Waals surface area contributed by atoms with Gasteiger partial charge in [-0.3, -0.25) is 0 Å². The van der Waals surface area contributed by atoms with E-state index in [1.54, 1.807) is 6.20 Å². The molecule has 25 heavy (non-hydrogen) atoms. The van der Waals surface area contributed by atoms with E-state index in [4.69, 9.17) is 10.7 Å². The number of hydrogen-bond acceptors (Lipinski definition) is 5. The van der Waals surface area contributed by atoms with E-state index < -0.39 is 0 Å². The maximum Gasteiger partial charge on any atom is 0.171 e. The summed E-state index contributed by atoms with van der Waals surface area (Å²) in [6.45, 7) is 0. The van der Waals surface area contributed by atoms with E-state index >= 15 is 0 Å². The maximum absolute atomic E-state index is 10.9. The van der Waals surface area contributed by atoms with Crippen LogP contribution in [0, 0.1) is 0 Å². The van der Waals surface area contributed by atoms with Crippen LogP contribution in [0.5, 0.6) is 0 Å². The summed E-state index contributed by atoms with van der Waals surface area (Å²) in [6.07, 6.45) is 9.66. The molecule has 134 valence electrons. The second-order valence-corrected chi connectivity index (χ2v) is 8.87. The van der Waals surface area contributed by atoms with E-state index in [0.29, 0.717) is 12.5 Å². The fraction of sp³-hybridized carbons (Fsp3) is 0.667. The number of hydrogen-bond donors (Lipinski definition) is 3. The van der Waals surface area contributed by atoms with Gasteiger partial charge >= 0.3 is 0 Å². The van der Waals surface area contributed by atoms with Gasteiger partial charge in [0, 0.05) is 29.5 Å². The van der Waals surface area contributed by atoms with Crippen molar-refractivity contribution in [2.24, 2.45) is 5.73 Å². The van der Waals surface area contributed by atoms with Crippen LogP contribution in [0.1, 0.15) is 56.2 Å². The Morgan fingerprint density at radius 2 is 2.12 bits per heavy atom. The van der Waals surface area contributed by atoms with Crippen molar-refractivity contribution in [3.05, 3.63) is 21.9 Å². The van der Waals surface area contributed by atoms with Gasteiger partial charge in [0.1, 0.15) is 5.82 Å². The zero-order valence-electron chi connectivity index (χ0n) is 14.2. The van der Waals surface area contributed by atoms with E-state index in [-0.39, 0.29) is 17.6 Å². The highest BCUT2D eigenvalue weighted by Gasteiger charge is 2.50. The fourth-order valence-corrected chi connectivity index (χ4v) is 5.56. The molecule has 0 saturated heterocycles. The number of aliphatic hydroxyl groups excluding tert-OH is 1. The maximum atomic E-state index is 10.9. The third-order valence-corrected chi connectivity index (χ3v) is 7.08. The van der Waals surface area contributed by atoms with Gasteiger partial charge in [0.15, 0.2) is 5.65 Å². The van der Waals surface area contributed by atoms with Gasteiger partial charge in [0.05, 0.1) is 22.5 Å². The molecule has 1 unspecified atom stereocenters. The molecule has 2 aromatic rings. The Morgan fingerprint density at radius 1 is 1.32 bits per heavy atom. The van der Waals surface area contributed by atoms with Gasteiger partial charge in [0.2, 0.25) is 0 Å². The molecule has 0 amide bonds. The van der Waals surface area contributed by atoms with Crippen molar-refractivity contribution in [1.29, 1.82) is 0 Å². The van der Waals surface area contributed by atoms with Gasteiger partial charge in [-0.1, -0.05) is 12.8 Å². The van der Waals surface area contributed by atoms with Crippen LogP contribution >= 0.6 is 15.9 Å². The lowest BCUT2D eigenvalue weighted by atomic mass is 9.81. The molecule has 3 aliphatic carbocycles. The quantitative estimate of drug-likeness (QED) is 0.714. The van der Waals surface area contributed by atoms with Crippen LogP contribution in [0.15, 0.2) is 10.7 Å². The molecule has 2 aromatic heterocycles. The lowest BCUT2D eigenvalue weighted by Crippen LogP contribution is -2.33. The molecule has 0 radical (unpaired) electrons. The summed E-state index contributed by atoms with van der Waals surface area (Å²) in [5, 5.41) is 19.1. The van der Waals surface area contributed by atoms with Crippen molar-refractivity contribution < 1.29 is 5.11 Å². The van der Waals surface area contributed by atoms with Crippen molar-refractivity contribution in [1.82, 2.24) is 14.6 Å². The molecular weight excluding hydrogens is 382 g/mol. The van der Waals surface area contributed by atoms with E-state index in [9.17, 15) is 5.11 Å². The first-order valence-electron chi connectivity index (χ1n) is 9.35. The van der Waals surface area contributed by atoms with Crippen LogP contribution in [-0.2, 0) is 11.8 Å². The third-order valence-electron chi connectivity index (χ3n) is 6.52. The zero-order valence-corrected chi connectivity index (χ0v) is 15.8. The first kappa shape index (κ1) is 16.0.